The Morgan fingerprint density at radius 2 is 1.71 bits per heavy atom. The van der Waals surface area contributed by atoms with Crippen molar-refractivity contribution < 1.29 is 0 Å². The highest BCUT2D eigenvalue weighted by molar-refractivity contribution is 5.45. The molecule has 0 aliphatic heterocycles. The van der Waals surface area contributed by atoms with E-state index in [1.54, 1.807) is 0 Å². The third-order valence-corrected chi connectivity index (χ3v) is 2.65. The molecule has 1 aromatic rings. The van der Waals surface area contributed by atoms with E-state index >= 15 is 0 Å². The summed E-state index contributed by atoms with van der Waals surface area (Å²) in [5.74, 6) is 0.682. The van der Waals surface area contributed by atoms with Crippen molar-refractivity contribution in [2.75, 3.05) is 5.32 Å². The van der Waals surface area contributed by atoms with Crippen LogP contribution in [0.2, 0.25) is 0 Å². The van der Waals surface area contributed by atoms with E-state index in [0.717, 1.165) is 0 Å². The third kappa shape index (κ3) is 3.06. The topological polar surface area (TPSA) is 12.0 Å². The van der Waals surface area contributed by atoms with Gasteiger partial charge in [-0.15, -0.1) is 0 Å². The van der Waals surface area contributed by atoms with E-state index < -0.39 is 0 Å². The van der Waals surface area contributed by atoms with E-state index in [1.807, 2.05) is 0 Å². The molecule has 0 aromatic heterocycles. The first kappa shape index (κ1) is 11.1. The minimum absolute atomic E-state index is 0.581. The van der Waals surface area contributed by atoms with Gasteiger partial charge in [0.1, 0.15) is 0 Å². The fourth-order valence-electron chi connectivity index (χ4n) is 1.60. The van der Waals surface area contributed by atoms with E-state index in [4.69, 9.17) is 0 Å². The van der Waals surface area contributed by atoms with Crippen LogP contribution in [-0.2, 0) is 0 Å². The Hall–Kier alpha value is -0.980. The Morgan fingerprint density at radius 3 is 2.14 bits per heavy atom. The first-order valence-corrected chi connectivity index (χ1v) is 5.46. The minimum Gasteiger partial charge on any atom is -0.382 e. The summed E-state index contributed by atoms with van der Waals surface area (Å²) in [7, 11) is 0. The minimum atomic E-state index is 0.581. The van der Waals surface area contributed by atoms with Crippen molar-refractivity contribution in [3.8, 4) is 0 Å². The van der Waals surface area contributed by atoms with Gasteiger partial charge < -0.3 is 5.32 Å². The highest BCUT2D eigenvalue weighted by atomic mass is 14.9. The van der Waals surface area contributed by atoms with E-state index in [2.05, 4.69) is 57.3 Å². The SMILES string of the molecule is CCC(Nc1ccc(C)cc1)C(C)C. The highest BCUT2D eigenvalue weighted by Crippen LogP contribution is 2.15. The number of hydrogen-bond donors (Lipinski definition) is 1. The Kier molecular flexibility index (Phi) is 3.99. The van der Waals surface area contributed by atoms with Crippen LogP contribution in [0.15, 0.2) is 24.3 Å². The number of hydrogen-bond acceptors (Lipinski definition) is 1. The fraction of sp³-hybridized carbons (Fsp3) is 0.538. The Labute approximate surface area is 87.5 Å². The van der Waals surface area contributed by atoms with Crippen LogP contribution in [0.1, 0.15) is 32.8 Å². The number of benzene rings is 1. The molecule has 1 nitrogen and oxygen atoms in total. The maximum absolute atomic E-state index is 3.56. The van der Waals surface area contributed by atoms with Gasteiger partial charge in [0.2, 0.25) is 0 Å². The predicted octanol–water partition coefficient (Wildman–Crippen LogP) is 3.84. The third-order valence-electron chi connectivity index (χ3n) is 2.65. The van der Waals surface area contributed by atoms with Gasteiger partial charge in [0.25, 0.3) is 0 Å². The first-order valence-electron chi connectivity index (χ1n) is 5.46. The summed E-state index contributed by atoms with van der Waals surface area (Å²) in [6.45, 7) is 8.86. The van der Waals surface area contributed by atoms with Gasteiger partial charge in [-0.25, -0.2) is 0 Å². The van der Waals surface area contributed by atoms with Gasteiger partial charge in [-0.1, -0.05) is 38.5 Å². The molecule has 0 bridgehead atoms. The molecule has 78 valence electrons. The maximum atomic E-state index is 3.56. The molecule has 1 unspecified atom stereocenters. The van der Waals surface area contributed by atoms with Crippen molar-refractivity contribution in [2.45, 2.75) is 40.2 Å². The van der Waals surface area contributed by atoms with Gasteiger partial charge in [-0.05, 0) is 31.4 Å². The number of aryl methyl sites for hydroxylation is 1. The molecule has 0 radical (unpaired) electrons. The summed E-state index contributed by atoms with van der Waals surface area (Å²) < 4.78 is 0. The van der Waals surface area contributed by atoms with Gasteiger partial charge in [0, 0.05) is 11.7 Å². The Balaban J connectivity index is 2.63. The average Bonchev–Trinajstić information content (AvgIpc) is 2.16. The molecule has 0 saturated carbocycles. The monoisotopic (exact) mass is 191 g/mol. The number of rotatable bonds is 4. The summed E-state index contributed by atoms with van der Waals surface area (Å²) in [5.41, 5.74) is 2.55. The molecule has 0 aliphatic carbocycles. The van der Waals surface area contributed by atoms with Gasteiger partial charge in [-0.2, -0.15) is 0 Å². The van der Waals surface area contributed by atoms with Crippen LogP contribution >= 0.6 is 0 Å². The second-order valence-corrected chi connectivity index (χ2v) is 4.27. The van der Waals surface area contributed by atoms with Crippen molar-refractivity contribution in [3.63, 3.8) is 0 Å². The lowest BCUT2D eigenvalue weighted by Crippen LogP contribution is -2.24. The van der Waals surface area contributed by atoms with Crippen LogP contribution in [-0.4, -0.2) is 6.04 Å². The lowest BCUT2D eigenvalue weighted by atomic mass is 10.0. The normalized spacial score (nSPS) is 12.9. The van der Waals surface area contributed by atoms with Crippen LogP contribution in [0.3, 0.4) is 0 Å². The summed E-state index contributed by atoms with van der Waals surface area (Å²) >= 11 is 0. The number of nitrogens with one attached hydrogen (secondary N) is 1. The van der Waals surface area contributed by atoms with Crippen LogP contribution in [0.5, 0.6) is 0 Å². The predicted molar refractivity (Wildman–Crippen MR) is 63.7 cm³/mol. The largest absolute Gasteiger partial charge is 0.382 e. The van der Waals surface area contributed by atoms with Gasteiger partial charge in [0.05, 0.1) is 0 Å². The summed E-state index contributed by atoms with van der Waals surface area (Å²) in [6, 6.07) is 9.18. The molecule has 1 heteroatoms. The molecule has 0 amide bonds. The van der Waals surface area contributed by atoms with Gasteiger partial charge in [-0.3, -0.25) is 0 Å². The quantitative estimate of drug-likeness (QED) is 0.762. The molecule has 0 fully saturated rings. The van der Waals surface area contributed by atoms with Crippen LogP contribution in [0.4, 0.5) is 5.69 Å². The zero-order chi connectivity index (χ0) is 10.6. The van der Waals surface area contributed by atoms with Crippen molar-refractivity contribution in [3.05, 3.63) is 29.8 Å². The second kappa shape index (κ2) is 5.04. The fourth-order valence-corrected chi connectivity index (χ4v) is 1.60. The molecule has 1 rings (SSSR count). The summed E-state index contributed by atoms with van der Waals surface area (Å²) in [4.78, 5) is 0. The van der Waals surface area contributed by atoms with Gasteiger partial charge >= 0.3 is 0 Å². The second-order valence-electron chi connectivity index (χ2n) is 4.27. The Morgan fingerprint density at radius 1 is 1.14 bits per heavy atom. The molecule has 14 heavy (non-hydrogen) atoms. The first-order chi connectivity index (χ1) is 6.63. The smallest absolute Gasteiger partial charge is 0.0342 e. The van der Waals surface area contributed by atoms with E-state index in [1.165, 1.54) is 17.7 Å². The standard InChI is InChI=1S/C13H21N/c1-5-13(10(2)3)14-12-8-6-11(4)7-9-12/h6-10,13-14H,5H2,1-4H3. The molecule has 0 spiro atoms. The molecule has 0 aliphatic rings. The van der Waals surface area contributed by atoms with Crippen LogP contribution < -0.4 is 5.32 Å². The zero-order valence-electron chi connectivity index (χ0n) is 9.67. The highest BCUT2D eigenvalue weighted by Gasteiger charge is 2.09. The van der Waals surface area contributed by atoms with E-state index in [0.29, 0.717) is 12.0 Å². The van der Waals surface area contributed by atoms with Crippen molar-refractivity contribution in [1.82, 2.24) is 0 Å². The van der Waals surface area contributed by atoms with Crippen LogP contribution in [0, 0.1) is 12.8 Å². The molecular formula is C13H21N. The van der Waals surface area contributed by atoms with Crippen molar-refractivity contribution in [2.24, 2.45) is 5.92 Å². The maximum Gasteiger partial charge on any atom is 0.0342 e. The average molecular weight is 191 g/mol. The van der Waals surface area contributed by atoms with Crippen molar-refractivity contribution in [1.29, 1.82) is 0 Å². The molecule has 0 saturated heterocycles. The van der Waals surface area contributed by atoms with E-state index in [9.17, 15) is 0 Å². The lowest BCUT2D eigenvalue weighted by molar-refractivity contribution is 0.511. The molecule has 1 aromatic carbocycles. The van der Waals surface area contributed by atoms with Crippen molar-refractivity contribution >= 4 is 5.69 Å². The zero-order valence-corrected chi connectivity index (χ0v) is 9.67. The van der Waals surface area contributed by atoms with Crippen LogP contribution in [0.25, 0.3) is 0 Å². The molecular weight excluding hydrogens is 170 g/mol. The lowest BCUT2D eigenvalue weighted by Gasteiger charge is -2.22. The summed E-state index contributed by atoms with van der Waals surface area (Å²) in [5, 5.41) is 3.56. The number of anilines is 1. The molecule has 1 N–H and O–H groups in total. The molecule has 0 heterocycles. The van der Waals surface area contributed by atoms with E-state index in [-0.39, 0.29) is 0 Å². The molecule has 1 atom stereocenters. The Bertz CT molecular complexity index is 261. The van der Waals surface area contributed by atoms with Gasteiger partial charge in [0.15, 0.2) is 0 Å². The summed E-state index contributed by atoms with van der Waals surface area (Å²) in [6.07, 6.45) is 1.17.